The molecule has 0 amide bonds. The molecule has 0 fully saturated rings. The molecule has 0 heterocycles. The standard InChI is InChI=1S/C12H18N2O4/c15-9-2-1-7-13-8-10-18-12-5-3-11(4-6-12)14(16)17/h3-6,13,15H,1-2,7-10H2. The van der Waals surface area contributed by atoms with Gasteiger partial charge in [0.25, 0.3) is 5.69 Å². The van der Waals surface area contributed by atoms with Crippen LogP contribution < -0.4 is 10.1 Å². The highest BCUT2D eigenvalue weighted by Crippen LogP contribution is 2.16. The van der Waals surface area contributed by atoms with Crippen LogP contribution >= 0.6 is 0 Å². The predicted octanol–water partition coefficient (Wildman–Crippen LogP) is 1.34. The summed E-state index contributed by atoms with van der Waals surface area (Å²) < 4.78 is 5.41. The number of rotatable bonds is 9. The Kier molecular flexibility index (Phi) is 6.75. The maximum Gasteiger partial charge on any atom is 0.269 e. The first-order chi connectivity index (χ1) is 8.74. The second-order valence-electron chi connectivity index (χ2n) is 3.78. The molecule has 1 aromatic rings. The van der Waals surface area contributed by atoms with E-state index in [0.717, 1.165) is 19.4 Å². The number of benzene rings is 1. The average Bonchev–Trinajstić information content (AvgIpc) is 2.38. The van der Waals surface area contributed by atoms with Crippen LogP contribution in [0.4, 0.5) is 5.69 Å². The van der Waals surface area contributed by atoms with Gasteiger partial charge in [0.2, 0.25) is 0 Å². The zero-order valence-electron chi connectivity index (χ0n) is 10.2. The fraction of sp³-hybridized carbons (Fsp3) is 0.500. The topological polar surface area (TPSA) is 84.6 Å². The number of aliphatic hydroxyl groups excluding tert-OH is 1. The first-order valence-electron chi connectivity index (χ1n) is 5.93. The fourth-order valence-corrected chi connectivity index (χ4v) is 1.39. The van der Waals surface area contributed by atoms with Gasteiger partial charge in [0.15, 0.2) is 0 Å². The Morgan fingerprint density at radius 3 is 2.56 bits per heavy atom. The molecule has 2 N–H and O–H groups in total. The van der Waals surface area contributed by atoms with E-state index >= 15 is 0 Å². The lowest BCUT2D eigenvalue weighted by Gasteiger charge is -2.07. The zero-order chi connectivity index (χ0) is 13.2. The molecule has 18 heavy (non-hydrogen) atoms. The van der Waals surface area contributed by atoms with Crippen molar-refractivity contribution in [3.63, 3.8) is 0 Å². The summed E-state index contributed by atoms with van der Waals surface area (Å²) in [5.74, 6) is 0.623. The molecule has 1 aromatic carbocycles. The zero-order valence-corrected chi connectivity index (χ0v) is 10.2. The normalized spacial score (nSPS) is 10.3. The fourth-order valence-electron chi connectivity index (χ4n) is 1.39. The van der Waals surface area contributed by atoms with E-state index in [1.807, 2.05) is 0 Å². The molecule has 0 radical (unpaired) electrons. The monoisotopic (exact) mass is 254 g/mol. The van der Waals surface area contributed by atoms with Gasteiger partial charge in [0, 0.05) is 25.3 Å². The number of nitrogens with one attached hydrogen (secondary N) is 1. The number of non-ortho nitro benzene ring substituents is 1. The Morgan fingerprint density at radius 1 is 1.22 bits per heavy atom. The molecule has 0 saturated carbocycles. The third-order valence-electron chi connectivity index (χ3n) is 2.36. The van der Waals surface area contributed by atoms with E-state index in [4.69, 9.17) is 9.84 Å². The van der Waals surface area contributed by atoms with Crippen LogP contribution in [0.2, 0.25) is 0 Å². The third-order valence-corrected chi connectivity index (χ3v) is 2.36. The van der Waals surface area contributed by atoms with E-state index < -0.39 is 4.92 Å². The Labute approximate surface area is 106 Å². The van der Waals surface area contributed by atoms with Crippen LogP contribution in [0.15, 0.2) is 24.3 Å². The second kappa shape index (κ2) is 8.43. The van der Waals surface area contributed by atoms with Crippen molar-refractivity contribution in [3.05, 3.63) is 34.4 Å². The number of hydrogen-bond acceptors (Lipinski definition) is 5. The summed E-state index contributed by atoms with van der Waals surface area (Å²) in [5.41, 5.74) is 0.0597. The Bertz CT molecular complexity index is 354. The summed E-state index contributed by atoms with van der Waals surface area (Å²) in [7, 11) is 0. The maximum atomic E-state index is 10.4. The molecule has 0 aliphatic carbocycles. The Balaban J connectivity index is 2.14. The van der Waals surface area contributed by atoms with Gasteiger partial charge in [-0.25, -0.2) is 0 Å². The molecule has 0 saturated heterocycles. The van der Waals surface area contributed by atoms with Crippen LogP contribution in [0.5, 0.6) is 5.75 Å². The van der Waals surface area contributed by atoms with Crippen molar-refractivity contribution in [2.75, 3.05) is 26.3 Å². The van der Waals surface area contributed by atoms with Crippen molar-refractivity contribution >= 4 is 5.69 Å². The quantitative estimate of drug-likeness (QED) is 0.394. The lowest BCUT2D eigenvalue weighted by Crippen LogP contribution is -2.22. The summed E-state index contributed by atoms with van der Waals surface area (Å²) in [6.07, 6.45) is 1.74. The van der Waals surface area contributed by atoms with E-state index in [9.17, 15) is 10.1 Å². The summed E-state index contributed by atoms with van der Waals surface area (Å²) in [6, 6.07) is 6.02. The van der Waals surface area contributed by atoms with Gasteiger partial charge in [-0.05, 0) is 31.5 Å². The van der Waals surface area contributed by atoms with Crippen molar-refractivity contribution in [1.82, 2.24) is 5.32 Å². The molecule has 0 aromatic heterocycles. The molecular weight excluding hydrogens is 236 g/mol. The molecule has 0 bridgehead atoms. The summed E-state index contributed by atoms with van der Waals surface area (Å²) >= 11 is 0. The van der Waals surface area contributed by atoms with Gasteiger partial charge in [0.05, 0.1) is 4.92 Å². The van der Waals surface area contributed by atoms with E-state index in [1.165, 1.54) is 12.1 Å². The number of hydrogen-bond donors (Lipinski definition) is 2. The molecular formula is C12H18N2O4. The highest BCUT2D eigenvalue weighted by molar-refractivity contribution is 5.35. The number of nitrogens with zero attached hydrogens (tertiary/aromatic N) is 1. The van der Waals surface area contributed by atoms with Crippen molar-refractivity contribution in [1.29, 1.82) is 0 Å². The molecule has 0 spiro atoms. The first kappa shape index (κ1) is 14.4. The van der Waals surface area contributed by atoms with Crippen molar-refractivity contribution in [2.24, 2.45) is 0 Å². The van der Waals surface area contributed by atoms with Crippen molar-refractivity contribution < 1.29 is 14.8 Å². The van der Waals surface area contributed by atoms with Crippen molar-refractivity contribution in [3.8, 4) is 5.75 Å². The average molecular weight is 254 g/mol. The third kappa shape index (κ3) is 5.60. The van der Waals surface area contributed by atoms with Crippen LogP contribution in [0.25, 0.3) is 0 Å². The van der Waals surface area contributed by atoms with E-state index in [2.05, 4.69) is 5.32 Å². The van der Waals surface area contributed by atoms with Gasteiger partial charge in [-0.3, -0.25) is 10.1 Å². The minimum absolute atomic E-state index is 0.0597. The van der Waals surface area contributed by atoms with Gasteiger partial charge in [-0.1, -0.05) is 0 Å². The molecule has 0 unspecified atom stereocenters. The number of ether oxygens (including phenoxy) is 1. The van der Waals surface area contributed by atoms with Gasteiger partial charge in [-0.2, -0.15) is 0 Å². The second-order valence-corrected chi connectivity index (χ2v) is 3.78. The Hall–Kier alpha value is -1.66. The maximum absolute atomic E-state index is 10.4. The highest BCUT2D eigenvalue weighted by Gasteiger charge is 2.03. The summed E-state index contributed by atoms with van der Waals surface area (Å²) in [6.45, 7) is 2.30. The van der Waals surface area contributed by atoms with Gasteiger partial charge < -0.3 is 15.2 Å². The highest BCUT2D eigenvalue weighted by atomic mass is 16.6. The summed E-state index contributed by atoms with van der Waals surface area (Å²) in [4.78, 5) is 10.00. The van der Waals surface area contributed by atoms with Gasteiger partial charge in [-0.15, -0.1) is 0 Å². The molecule has 1 rings (SSSR count). The molecule has 0 aliphatic rings. The van der Waals surface area contributed by atoms with Crippen LogP contribution in [0.1, 0.15) is 12.8 Å². The number of aliphatic hydroxyl groups is 1. The minimum atomic E-state index is -0.438. The predicted molar refractivity (Wildman–Crippen MR) is 67.8 cm³/mol. The van der Waals surface area contributed by atoms with Crippen LogP contribution in [-0.4, -0.2) is 36.3 Å². The van der Waals surface area contributed by atoms with Crippen LogP contribution in [-0.2, 0) is 0 Å². The molecule has 0 aliphatic heterocycles. The minimum Gasteiger partial charge on any atom is -0.492 e. The number of unbranched alkanes of at least 4 members (excludes halogenated alkanes) is 1. The number of nitro benzene ring substituents is 1. The summed E-state index contributed by atoms with van der Waals surface area (Å²) in [5, 5.41) is 22.2. The molecule has 6 nitrogen and oxygen atoms in total. The number of nitro groups is 1. The lowest BCUT2D eigenvalue weighted by molar-refractivity contribution is -0.384. The van der Waals surface area contributed by atoms with Crippen molar-refractivity contribution in [2.45, 2.75) is 12.8 Å². The molecule has 6 heteroatoms. The van der Waals surface area contributed by atoms with E-state index in [0.29, 0.717) is 18.9 Å². The van der Waals surface area contributed by atoms with E-state index in [1.54, 1.807) is 12.1 Å². The smallest absolute Gasteiger partial charge is 0.269 e. The van der Waals surface area contributed by atoms with E-state index in [-0.39, 0.29) is 12.3 Å². The molecule has 100 valence electrons. The lowest BCUT2D eigenvalue weighted by atomic mass is 10.3. The largest absolute Gasteiger partial charge is 0.492 e. The SMILES string of the molecule is O=[N+]([O-])c1ccc(OCCNCCCCO)cc1. The first-order valence-corrected chi connectivity index (χ1v) is 5.93. The van der Waals surface area contributed by atoms with Gasteiger partial charge in [0.1, 0.15) is 12.4 Å². The van der Waals surface area contributed by atoms with Gasteiger partial charge >= 0.3 is 0 Å². The van der Waals surface area contributed by atoms with Crippen LogP contribution in [0, 0.1) is 10.1 Å². The molecule has 0 atom stereocenters. The Morgan fingerprint density at radius 2 is 1.94 bits per heavy atom. The van der Waals surface area contributed by atoms with Crippen LogP contribution in [0.3, 0.4) is 0 Å².